The van der Waals surface area contributed by atoms with Gasteiger partial charge in [-0.3, -0.25) is 0 Å². The predicted molar refractivity (Wildman–Crippen MR) is 71.7 cm³/mol. The number of benzene rings is 1. The highest BCUT2D eigenvalue weighted by molar-refractivity contribution is 5.80. The molecule has 0 aliphatic heterocycles. The van der Waals surface area contributed by atoms with Crippen LogP contribution >= 0.6 is 0 Å². The third kappa shape index (κ3) is 4.34. The second-order valence-corrected chi connectivity index (χ2v) is 5.10. The first-order valence-corrected chi connectivity index (χ1v) is 5.74. The Bertz CT molecular complexity index is 377. The SMILES string of the molecule is CC(C)(C)c1ccc(NCCC(N)=NO)cc1. The van der Waals surface area contributed by atoms with E-state index >= 15 is 0 Å². The van der Waals surface area contributed by atoms with E-state index in [9.17, 15) is 0 Å². The topological polar surface area (TPSA) is 70.6 Å². The Hall–Kier alpha value is -1.71. The summed E-state index contributed by atoms with van der Waals surface area (Å²) in [7, 11) is 0. The largest absolute Gasteiger partial charge is 0.409 e. The highest BCUT2D eigenvalue weighted by Gasteiger charge is 2.12. The first-order chi connectivity index (χ1) is 7.93. The van der Waals surface area contributed by atoms with Crippen molar-refractivity contribution in [3.05, 3.63) is 29.8 Å². The zero-order chi connectivity index (χ0) is 12.9. The molecule has 0 spiro atoms. The number of hydrogen-bond donors (Lipinski definition) is 3. The van der Waals surface area contributed by atoms with Gasteiger partial charge in [0.1, 0.15) is 5.84 Å². The van der Waals surface area contributed by atoms with Gasteiger partial charge < -0.3 is 16.3 Å². The van der Waals surface area contributed by atoms with E-state index in [1.54, 1.807) is 0 Å². The molecule has 0 aliphatic carbocycles. The second kappa shape index (κ2) is 5.57. The van der Waals surface area contributed by atoms with Crippen molar-refractivity contribution >= 4 is 11.5 Å². The van der Waals surface area contributed by atoms with Gasteiger partial charge in [-0.15, -0.1) is 0 Å². The molecule has 4 heteroatoms. The van der Waals surface area contributed by atoms with Crippen LogP contribution in [0.4, 0.5) is 5.69 Å². The van der Waals surface area contributed by atoms with E-state index in [4.69, 9.17) is 10.9 Å². The van der Waals surface area contributed by atoms with E-state index in [1.807, 2.05) is 12.1 Å². The molecule has 94 valence electrons. The van der Waals surface area contributed by atoms with Gasteiger partial charge >= 0.3 is 0 Å². The number of nitrogens with one attached hydrogen (secondary N) is 1. The number of hydrogen-bond acceptors (Lipinski definition) is 3. The average molecular weight is 235 g/mol. The maximum absolute atomic E-state index is 8.39. The summed E-state index contributed by atoms with van der Waals surface area (Å²) < 4.78 is 0. The first kappa shape index (κ1) is 13.4. The van der Waals surface area contributed by atoms with Gasteiger partial charge in [-0.2, -0.15) is 0 Å². The molecular weight excluding hydrogens is 214 g/mol. The lowest BCUT2D eigenvalue weighted by molar-refractivity contribution is 0.317. The molecule has 1 aromatic rings. The molecule has 4 nitrogen and oxygen atoms in total. The Morgan fingerprint density at radius 3 is 2.35 bits per heavy atom. The maximum atomic E-state index is 8.39. The van der Waals surface area contributed by atoms with Crippen molar-refractivity contribution in [2.45, 2.75) is 32.6 Å². The third-order valence-electron chi connectivity index (χ3n) is 2.59. The van der Waals surface area contributed by atoms with Crippen LogP contribution in [0.25, 0.3) is 0 Å². The van der Waals surface area contributed by atoms with Gasteiger partial charge in [-0.1, -0.05) is 38.1 Å². The normalized spacial score (nSPS) is 12.5. The van der Waals surface area contributed by atoms with Gasteiger partial charge in [0.2, 0.25) is 0 Å². The molecule has 0 heterocycles. The zero-order valence-electron chi connectivity index (χ0n) is 10.7. The van der Waals surface area contributed by atoms with Crippen LogP contribution in [0, 0.1) is 0 Å². The molecule has 0 aliphatic rings. The minimum absolute atomic E-state index is 0.173. The van der Waals surface area contributed by atoms with Gasteiger partial charge in [0, 0.05) is 18.7 Å². The quantitative estimate of drug-likeness (QED) is 0.325. The van der Waals surface area contributed by atoms with Crippen LogP contribution < -0.4 is 11.1 Å². The Balaban J connectivity index is 2.52. The van der Waals surface area contributed by atoms with E-state index in [2.05, 4.69) is 43.4 Å². The Morgan fingerprint density at radius 1 is 1.29 bits per heavy atom. The molecule has 0 saturated heterocycles. The van der Waals surface area contributed by atoms with Crippen molar-refractivity contribution in [2.24, 2.45) is 10.9 Å². The molecule has 0 atom stereocenters. The van der Waals surface area contributed by atoms with Crippen molar-refractivity contribution in [1.29, 1.82) is 0 Å². The van der Waals surface area contributed by atoms with Gasteiger partial charge in [0.25, 0.3) is 0 Å². The van der Waals surface area contributed by atoms with E-state index in [0.717, 1.165) is 5.69 Å². The van der Waals surface area contributed by atoms with Gasteiger partial charge in [0.05, 0.1) is 0 Å². The fourth-order valence-corrected chi connectivity index (χ4v) is 1.47. The summed E-state index contributed by atoms with van der Waals surface area (Å²) >= 11 is 0. The minimum atomic E-state index is 0.173. The summed E-state index contributed by atoms with van der Waals surface area (Å²) in [6.45, 7) is 7.22. The van der Waals surface area contributed by atoms with Crippen molar-refractivity contribution in [2.75, 3.05) is 11.9 Å². The van der Waals surface area contributed by atoms with Crippen LogP contribution in [0.1, 0.15) is 32.8 Å². The lowest BCUT2D eigenvalue weighted by atomic mass is 9.87. The fraction of sp³-hybridized carbons (Fsp3) is 0.462. The van der Waals surface area contributed by atoms with E-state index < -0.39 is 0 Å². The Labute approximate surface area is 103 Å². The molecule has 1 aromatic carbocycles. The standard InChI is InChI=1S/C13H21N3O/c1-13(2,3)10-4-6-11(7-5-10)15-9-8-12(14)16-17/h4-7,15,17H,8-9H2,1-3H3,(H2,14,16). The number of nitrogens with two attached hydrogens (primary N) is 1. The van der Waals surface area contributed by atoms with Gasteiger partial charge in [-0.05, 0) is 23.1 Å². The van der Waals surface area contributed by atoms with Crippen LogP contribution in [0.5, 0.6) is 0 Å². The molecule has 1 rings (SSSR count). The summed E-state index contributed by atoms with van der Waals surface area (Å²) in [4.78, 5) is 0. The van der Waals surface area contributed by atoms with Crippen LogP contribution in [0.15, 0.2) is 29.4 Å². The third-order valence-corrected chi connectivity index (χ3v) is 2.59. The summed E-state index contributed by atoms with van der Waals surface area (Å²) in [6, 6.07) is 8.33. The van der Waals surface area contributed by atoms with Crippen molar-refractivity contribution in [1.82, 2.24) is 0 Å². The Kier molecular flexibility index (Phi) is 4.37. The first-order valence-electron chi connectivity index (χ1n) is 5.74. The number of anilines is 1. The lowest BCUT2D eigenvalue weighted by Gasteiger charge is -2.19. The molecule has 0 saturated carbocycles. The highest BCUT2D eigenvalue weighted by atomic mass is 16.4. The van der Waals surface area contributed by atoms with Crippen LogP contribution in [0.3, 0.4) is 0 Å². The molecule has 0 fully saturated rings. The van der Waals surface area contributed by atoms with Crippen molar-refractivity contribution in [3.8, 4) is 0 Å². The van der Waals surface area contributed by atoms with Crippen LogP contribution in [-0.2, 0) is 5.41 Å². The predicted octanol–water partition coefficient (Wildman–Crippen LogP) is 2.53. The summed E-state index contributed by atoms with van der Waals surface area (Å²) in [5.41, 5.74) is 7.90. The monoisotopic (exact) mass is 235 g/mol. The Morgan fingerprint density at radius 2 is 1.88 bits per heavy atom. The number of oxime groups is 1. The van der Waals surface area contributed by atoms with Crippen LogP contribution in [0.2, 0.25) is 0 Å². The van der Waals surface area contributed by atoms with Crippen LogP contribution in [-0.4, -0.2) is 17.6 Å². The molecule has 0 unspecified atom stereocenters. The second-order valence-electron chi connectivity index (χ2n) is 5.10. The van der Waals surface area contributed by atoms with Crippen molar-refractivity contribution in [3.63, 3.8) is 0 Å². The minimum Gasteiger partial charge on any atom is -0.409 e. The van der Waals surface area contributed by atoms with Crippen molar-refractivity contribution < 1.29 is 5.21 Å². The average Bonchev–Trinajstić information content (AvgIpc) is 2.28. The molecule has 0 aromatic heterocycles. The molecule has 4 N–H and O–H groups in total. The van der Waals surface area contributed by atoms with Gasteiger partial charge in [0.15, 0.2) is 0 Å². The van der Waals surface area contributed by atoms with Gasteiger partial charge in [-0.25, -0.2) is 0 Å². The lowest BCUT2D eigenvalue weighted by Crippen LogP contribution is -2.16. The number of nitrogens with zero attached hydrogens (tertiary/aromatic N) is 1. The van der Waals surface area contributed by atoms with E-state index in [1.165, 1.54) is 5.56 Å². The van der Waals surface area contributed by atoms with E-state index in [-0.39, 0.29) is 11.3 Å². The fourth-order valence-electron chi connectivity index (χ4n) is 1.47. The summed E-state index contributed by atoms with van der Waals surface area (Å²) in [6.07, 6.45) is 0.525. The molecule has 0 radical (unpaired) electrons. The highest BCUT2D eigenvalue weighted by Crippen LogP contribution is 2.23. The smallest absolute Gasteiger partial charge is 0.140 e. The molecular formula is C13H21N3O. The van der Waals surface area contributed by atoms with E-state index in [0.29, 0.717) is 13.0 Å². The number of rotatable bonds is 4. The summed E-state index contributed by atoms with van der Waals surface area (Å²) in [5, 5.41) is 14.5. The molecule has 17 heavy (non-hydrogen) atoms. The maximum Gasteiger partial charge on any atom is 0.140 e. The zero-order valence-corrected chi connectivity index (χ0v) is 10.7. The molecule has 0 bridgehead atoms. The number of amidine groups is 1. The summed E-state index contributed by atoms with van der Waals surface area (Å²) in [5.74, 6) is 0.240. The molecule has 0 amide bonds.